The molecule has 0 bridgehead atoms. The van der Waals surface area contributed by atoms with Gasteiger partial charge in [-0.05, 0) is 37.1 Å². The lowest BCUT2D eigenvalue weighted by atomic mass is 10.1. The molecule has 154 valence electrons. The molecule has 1 aliphatic rings. The summed E-state index contributed by atoms with van der Waals surface area (Å²) < 4.78 is 18.7. The van der Waals surface area contributed by atoms with Crippen molar-refractivity contribution in [3.8, 4) is 17.0 Å². The van der Waals surface area contributed by atoms with Crippen LogP contribution in [-0.2, 0) is 0 Å². The van der Waals surface area contributed by atoms with Crippen molar-refractivity contribution < 1.29 is 13.9 Å². The number of methoxy groups -OCH3 is 1. The molecule has 0 atom stereocenters. The quantitative estimate of drug-likeness (QED) is 0.649. The molecule has 7 nitrogen and oxygen atoms in total. The van der Waals surface area contributed by atoms with E-state index >= 15 is 0 Å². The highest BCUT2D eigenvalue weighted by atomic mass is 19.1. The van der Waals surface area contributed by atoms with Crippen LogP contribution in [0.25, 0.3) is 11.3 Å². The Bertz CT molecular complexity index is 1050. The van der Waals surface area contributed by atoms with E-state index in [9.17, 15) is 9.18 Å². The molecule has 2 amide bonds. The lowest BCUT2D eigenvalue weighted by Crippen LogP contribution is -2.20. The summed E-state index contributed by atoms with van der Waals surface area (Å²) in [4.78, 5) is 23.6. The summed E-state index contributed by atoms with van der Waals surface area (Å²) in [5, 5.41) is 5.39. The maximum atomic E-state index is 13.8. The Morgan fingerprint density at radius 1 is 1.03 bits per heavy atom. The van der Waals surface area contributed by atoms with Gasteiger partial charge in [0.05, 0.1) is 7.11 Å². The zero-order valence-corrected chi connectivity index (χ0v) is 16.6. The number of ether oxygens (including phenoxy) is 1. The van der Waals surface area contributed by atoms with E-state index in [2.05, 4.69) is 25.5 Å². The number of halogens is 1. The minimum atomic E-state index is -0.547. The van der Waals surface area contributed by atoms with Gasteiger partial charge in [0.25, 0.3) is 0 Å². The van der Waals surface area contributed by atoms with E-state index < -0.39 is 11.8 Å². The first kappa shape index (κ1) is 19.6. The van der Waals surface area contributed by atoms with Gasteiger partial charge in [0.15, 0.2) is 17.4 Å². The average molecular weight is 407 g/mol. The van der Waals surface area contributed by atoms with Gasteiger partial charge in [-0.15, -0.1) is 0 Å². The Hall–Kier alpha value is -3.68. The normalized spacial score (nSPS) is 13.2. The predicted octanol–water partition coefficient (Wildman–Crippen LogP) is 4.54. The van der Waals surface area contributed by atoms with Crippen molar-refractivity contribution in [2.45, 2.75) is 12.8 Å². The molecule has 1 aromatic heterocycles. The summed E-state index contributed by atoms with van der Waals surface area (Å²) in [6.07, 6.45) is 5.65. The van der Waals surface area contributed by atoms with Gasteiger partial charge in [-0.3, -0.25) is 4.98 Å². The van der Waals surface area contributed by atoms with Crippen LogP contribution in [0.5, 0.6) is 5.75 Å². The predicted molar refractivity (Wildman–Crippen MR) is 115 cm³/mol. The van der Waals surface area contributed by atoms with Crippen molar-refractivity contribution in [2.75, 3.05) is 35.7 Å². The van der Waals surface area contributed by atoms with Crippen molar-refractivity contribution in [1.29, 1.82) is 0 Å². The number of rotatable bonds is 5. The summed E-state index contributed by atoms with van der Waals surface area (Å²) in [7, 11) is 1.39. The highest BCUT2D eigenvalue weighted by Gasteiger charge is 2.19. The van der Waals surface area contributed by atoms with E-state index in [0.717, 1.165) is 43.0 Å². The molecule has 0 unspecified atom stereocenters. The summed E-state index contributed by atoms with van der Waals surface area (Å²) in [5.74, 6) is 0.422. The SMILES string of the molecule is COc1ccc(NC(=O)Nc2cccc(-c3nccnc3N3CCCC3)c2)cc1F. The molecule has 1 aliphatic heterocycles. The molecule has 8 heteroatoms. The van der Waals surface area contributed by atoms with Crippen molar-refractivity contribution in [3.05, 3.63) is 60.7 Å². The fraction of sp³-hybridized carbons (Fsp3) is 0.227. The summed E-state index contributed by atoms with van der Waals surface area (Å²) in [6.45, 7) is 1.93. The standard InChI is InChI=1S/C22H22FN5O2/c1-30-19-8-7-17(14-18(19)23)27-22(29)26-16-6-4-5-15(13-16)20-21(25-10-9-24-20)28-11-2-3-12-28/h4-10,13-14H,2-3,11-12H2,1H3,(H2,26,27,29). The van der Waals surface area contributed by atoms with Crippen LogP contribution in [0.1, 0.15) is 12.8 Å². The third-order valence-corrected chi connectivity index (χ3v) is 4.89. The molecular weight excluding hydrogens is 385 g/mol. The third-order valence-electron chi connectivity index (χ3n) is 4.89. The Morgan fingerprint density at radius 2 is 1.77 bits per heavy atom. The molecule has 2 aromatic carbocycles. The molecule has 0 radical (unpaired) electrons. The van der Waals surface area contributed by atoms with Gasteiger partial charge in [-0.1, -0.05) is 12.1 Å². The van der Waals surface area contributed by atoms with Crippen molar-refractivity contribution >= 4 is 23.2 Å². The number of benzene rings is 2. The highest BCUT2D eigenvalue weighted by Crippen LogP contribution is 2.30. The van der Waals surface area contributed by atoms with Crippen molar-refractivity contribution in [3.63, 3.8) is 0 Å². The maximum Gasteiger partial charge on any atom is 0.323 e. The van der Waals surface area contributed by atoms with Gasteiger partial charge in [-0.25, -0.2) is 14.2 Å². The van der Waals surface area contributed by atoms with Crippen LogP contribution in [0.2, 0.25) is 0 Å². The van der Waals surface area contributed by atoms with Gasteiger partial charge in [0.1, 0.15) is 5.69 Å². The third kappa shape index (κ3) is 4.32. The smallest absolute Gasteiger partial charge is 0.323 e. The van der Waals surface area contributed by atoms with Crippen LogP contribution >= 0.6 is 0 Å². The minimum Gasteiger partial charge on any atom is -0.494 e. The Morgan fingerprint density at radius 3 is 2.50 bits per heavy atom. The van der Waals surface area contributed by atoms with Crippen LogP contribution in [0.3, 0.4) is 0 Å². The van der Waals surface area contributed by atoms with Gasteiger partial charge >= 0.3 is 6.03 Å². The zero-order chi connectivity index (χ0) is 20.9. The molecule has 2 N–H and O–H groups in total. The van der Waals surface area contributed by atoms with Gasteiger partial charge < -0.3 is 20.3 Å². The minimum absolute atomic E-state index is 0.117. The second-order valence-electron chi connectivity index (χ2n) is 6.93. The molecule has 0 saturated carbocycles. The number of hydrogen-bond donors (Lipinski definition) is 2. The number of carbonyl (C=O) groups excluding carboxylic acids is 1. The number of carbonyl (C=O) groups is 1. The van der Waals surface area contributed by atoms with Crippen molar-refractivity contribution in [1.82, 2.24) is 9.97 Å². The molecule has 0 spiro atoms. The number of urea groups is 1. The number of nitrogens with zero attached hydrogens (tertiary/aromatic N) is 3. The summed E-state index contributed by atoms with van der Waals surface area (Å²) in [6, 6.07) is 11.2. The topological polar surface area (TPSA) is 79.4 Å². The molecule has 4 rings (SSSR count). The van der Waals surface area contributed by atoms with E-state index in [4.69, 9.17) is 4.74 Å². The van der Waals surface area contributed by atoms with E-state index in [0.29, 0.717) is 11.4 Å². The van der Waals surface area contributed by atoms with Gasteiger partial charge in [0, 0.05) is 48.5 Å². The first-order valence-electron chi connectivity index (χ1n) is 9.72. The molecule has 2 heterocycles. The monoisotopic (exact) mass is 407 g/mol. The van der Waals surface area contributed by atoms with Crippen LogP contribution in [0.15, 0.2) is 54.9 Å². The number of hydrogen-bond acceptors (Lipinski definition) is 5. The van der Waals surface area contributed by atoms with Gasteiger partial charge in [0.2, 0.25) is 0 Å². The lowest BCUT2D eigenvalue weighted by molar-refractivity contribution is 0.262. The fourth-order valence-electron chi connectivity index (χ4n) is 3.48. The molecule has 1 saturated heterocycles. The second kappa shape index (κ2) is 8.77. The Kier molecular flexibility index (Phi) is 5.74. The number of nitrogens with one attached hydrogen (secondary N) is 2. The molecule has 1 fully saturated rings. The highest BCUT2D eigenvalue weighted by molar-refractivity contribution is 6.00. The lowest BCUT2D eigenvalue weighted by Gasteiger charge is -2.19. The Labute approximate surface area is 173 Å². The molecule has 30 heavy (non-hydrogen) atoms. The molecular formula is C22H22FN5O2. The molecule has 3 aromatic rings. The van der Waals surface area contributed by atoms with Crippen LogP contribution in [0, 0.1) is 5.82 Å². The Balaban J connectivity index is 1.50. The average Bonchev–Trinajstić information content (AvgIpc) is 3.29. The number of amides is 2. The van der Waals surface area contributed by atoms with E-state index in [1.165, 1.54) is 19.2 Å². The van der Waals surface area contributed by atoms with E-state index in [-0.39, 0.29) is 5.75 Å². The zero-order valence-electron chi connectivity index (χ0n) is 16.6. The summed E-state index contributed by atoms with van der Waals surface area (Å²) >= 11 is 0. The van der Waals surface area contributed by atoms with Crippen LogP contribution in [-0.4, -0.2) is 36.2 Å². The first-order valence-corrected chi connectivity index (χ1v) is 9.72. The fourth-order valence-corrected chi connectivity index (χ4v) is 3.48. The number of aromatic nitrogens is 2. The van der Waals surface area contributed by atoms with E-state index in [1.807, 2.05) is 18.2 Å². The van der Waals surface area contributed by atoms with Crippen LogP contribution in [0.4, 0.5) is 26.4 Å². The second-order valence-corrected chi connectivity index (χ2v) is 6.93. The first-order chi connectivity index (χ1) is 14.6. The van der Waals surface area contributed by atoms with Crippen LogP contribution < -0.4 is 20.3 Å². The number of anilines is 3. The van der Waals surface area contributed by atoms with Crippen molar-refractivity contribution in [2.24, 2.45) is 0 Å². The van der Waals surface area contributed by atoms with Gasteiger partial charge in [-0.2, -0.15) is 0 Å². The largest absolute Gasteiger partial charge is 0.494 e. The summed E-state index contributed by atoms with van der Waals surface area (Å²) in [5.41, 5.74) is 2.56. The van der Waals surface area contributed by atoms with E-state index in [1.54, 1.807) is 24.5 Å². The molecule has 0 aliphatic carbocycles. The maximum absolute atomic E-state index is 13.8.